The first-order valence-electron chi connectivity index (χ1n) is 33.5. The van der Waals surface area contributed by atoms with E-state index in [1.54, 1.807) is 50.1 Å². The van der Waals surface area contributed by atoms with E-state index in [1.165, 1.54) is 12.3 Å². The molecular weight excluding hydrogens is 1120 g/mol. The second kappa shape index (κ2) is 19.0. The number of aromatic nitrogens is 4. The fraction of sp³-hybridized carbons (Fsp3) is 0.0704. The van der Waals surface area contributed by atoms with Gasteiger partial charge in [-0.1, -0.05) is 202 Å². The molecule has 0 bridgehead atoms. The third-order valence-electron chi connectivity index (χ3n) is 13.9. The van der Waals surface area contributed by atoms with Crippen molar-refractivity contribution in [1.29, 1.82) is 0 Å². The second-order valence-electron chi connectivity index (χ2n) is 19.5. The van der Waals surface area contributed by atoms with Gasteiger partial charge in [-0.15, -0.1) is 29.7 Å². The van der Waals surface area contributed by atoms with Crippen molar-refractivity contribution in [1.82, 2.24) is 14.1 Å². The molecule has 14 rings (SSSR count). The van der Waals surface area contributed by atoms with Gasteiger partial charge in [-0.2, -0.15) is 18.2 Å². The van der Waals surface area contributed by atoms with Crippen LogP contribution in [0.15, 0.2) is 230 Å². The summed E-state index contributed by atoms with van der Waals surface area (Å²) in [7, 11) is 0. The first-order valence-corrected chi connectivity index (χ1v) is 24.5. The molecule has 4 heterocycles. The van der Waals surface area contributed by atoms with Crippen LogP contribution in [0.3, 0.4) is 0 Å². The molecule has 10 aromatic carbocycles. The minimum absolute atomic E-state index is 0. The molecule has 0 saturated carbocycles. The molecule has 0 aliphatic carbocycles. The van der Waals surface area contributed by atoms with Gasteiger partial charge in [0.2, 0.25) is 0 Å². The molecule has 372 valence electrons. The van der Waals surface area contributed by atoms with Crippen molar-refractivity contribution < 1.29 is 55.0 Å². The van der Waals surface area contributed by atoms with Gasteiger partial charge in [0.1, 0.15) is 5.82 Å². The van der Waals surface area contributed by atoms with Crippen LogP contribution in [0.2, 0.25) is 0 Å². The molecular formula is C71H50N4OPt-2. The Balaban J connectivity index is 0.00000818. The predicted octanol–water partition coefficient (Wildman–Crippen LogP) is 17.5. The summed E-state index contributed by atoms with van der Waals surface area (Å²) in [4.78, 5) is 4.71. The Bertz CT molecular complexity index is 5390. The van der Waals surface area contributed by atoms with E-state index in [2.05, 4.69) is 24.5 Å². The van der Waals surface area contributed by atoms with Crippen molar-refractivity contribution in [3.8, 4) is 95.5 Å². The van der Waals surface area contributed by atoms with Gasteiger partial charge in [-0.3, -0.25) is 4.57 Å². The number of nitrogens with zero attached hydrogens (tertiary/aromatic N) is 4. The van der Waals surface area contributed by atoms with Crippen LogP contribution in [-0.4, -0.2) is 14.1 Å². The molecule has 5 nitrogen and oxygen atoms in total. The number of imidazole rings is 1. The normalized spacial score (nSPS) is 15.3. The van der Waals surface area contributed by atoms with Crippen LogP contribution in [0.5, 0.6) is 11.5 Å². The van der Waals surface area contributed by atoms with Gasteiger partial charge in [0.25, 0.3) is 6.33 Å². The summed E-state index contributed by atoms with van der Waals surface area (Å²) < 4.78 is 171. The fourth-order valence-electron chi connectivity index (χ4n) is 10.4. The number of hydrogen-bond donors (Lipinski definition) is 0. The Morgan fingerprint density at radius 1 is 0.532 bits per heavy atom. The number of ether oxygens (including phenoxy) is 1. The van der Waals surface area contributed by atoms with Gasteiger partial charge < -0.3 is 13.9 Å². The van der Waals surface area contributed by atoms with Crippen LogP contribution in [0.25, 0.3) is 117 Å². The molecule has 0 radical (unpaired) electrons. The van der Waals surface area contributed by atoms with Crippen molar-refractivity contribution >= 4 is 32.8 Å². The number of hydrogen-bond acceptors (Lipinski definition) is 2. The smallest absolute Gasteiger partial charge is 0.268 e. The van der Waals surface area contributed by atoms with Crippen LogP contribution < -0.4 is 9.30 Å². The number of para-hydroxylation sites is 1. The third-order valence-corrected chi connectivity index (χ3v) is 13.9. The summed E-state index contributed by atoms with van der Waals surface area (Å²) in [5, 5.41) is 1.44. The molecule has 13 aromatic rings. The maximum atomic E-state index is 9.54. The summed E-state index contributed by atoms with van der Waals surface area (Å²) in [5.74, 6) is 0.474. The fourth-order valence-corrected chi connectivity index (χ4v) is 10.4. The predicted molar refractivity (Wildman–Crippen MR) is 310 cm³/mol. The van der Waals surface area contributed by atoms with Crippen molar-refractivity contribution in [2.24, 2.45) is 0 Å². The van der Waals surface area contributed by atoms with E-state index >= 15 is 0 Å². The first-order chi connectivity index (χ1) is 44.7. The zero-order chi connectivity index (χ0) is 66.6. The van der Waals surface area contributed by atoms with Gasteiger partial charge in [-0.05, 0) is 114 Å². The van der Waals surface area contributed by atoms with Crippen LogP contribution in [-0.2, 0) is 26.5 Å². The van der Waals surface area contributed by atoms with E-state index in [9.17, 15) is 5.48 Å². The van der Waals surface area contributed by atoms with Crippen molar-refractivity contribution in [3.05, 3.63) is 260 Å². The molecule has 0 unspecified atom stereocenters. The first kappa shape index (κ1) is 31.9. The Kier molecular flexibility index (Phi) is 7.88. The molecule has 77 heavy (non-hydrogen) atoms. The topological polar surface area (TPSA) is 35.9 Å². The van der Waals surface area contributed by atoms with Gasteiger partial charge in [0, 0.05) is 54.0 Å². The van der Waals surface area contributed by atoms with Crippen LogP contribution >= 0.6 is 0 Å². The Morgan fingerprint density at radius 2 is 1.14 bits per heavy atom. The average Bonchev–Trinajstić information content (AvgIpc) is 1.61. The van der Waals surface area contributed by atoms with Gasteiger partial charge in [-0.25, -0.2) is 4.98 Å². The van der Waals surface area contributed by atoms with Gasteiger partial charge in [0.15, 0.2) is 0 Å². The van der Waals surface area contributed by atoms with E-state index in [4.69, 9.17) is 28.9 Å². The molecule has 0 saturated heterocycles. The summed E-state index contributed by atoms with van der Waals surface area (Å²) in [6.45, 7) is 3.25. The molecule has 0 spiro atoms. The zero-order valence-electron chi connectivity index (χ0n) is 59.3. The number of pyridine rings is 1. The molecule has 1 aliphatic rings. The van der Waals surface area contributed by atoms with E-state index in [1.807, 2.05) is 106 Å². The number of benzene rings is 10. The second-order valence-corrected chi connectivity index (χ2v) is 19.5. The Morgan fingerprint density at radius 3 is 1.83 bits per heavy atom. The molecule has 3 aromatic heterocycles. The molecule has 6 heteroatoms. The van der Waals surface area contributed by atoms with Crippen LogP contribution in [0, 0.1) is 25.3 Å². The van der Waals surface area contributed by atoms with Gasteiger partial charge >= 0.3 is 0 Å². The number of rotatable bonds is 7. The molecule has 0 fully saturated rings. The maximum Gasteiger partial charge on any atom is 0.268 e. The monoisotopic (exact) mass is 1190 g/mol. The van der Waals surface area contributed by atoms with Crippen molar-refractivity contribution in [2.75, 3.05) is 0 Å². The SMILES string of the molecule is [2H]c1c([2H])c([2H])c(-c2cc3c4c(c2)n(-c2[c-]c(Oc5[c-]c6c(cc5)c5ccccc5n6-c5cc(C([2H])([2H])[2H])c(-c6c([2H])c([2H])c([2H])c([2H])c6[2H])cn5)ccc2)[c-][n+]4-c2c(cc(C(C)(C)C)cc2-c2c([2H])c([2H])c([2H])c([2H])c2[2H])-c2ccccc2-c2ccccc2-3)c([2H])c1[2H].[Pt]. The minimum Gasteiger partial charge on any atom is -0.510 e. The van der Waals surface area contributed by atoms with Gasteiger partial charge in [0.05, 0.1) is 37.3 Å². The Labute approximate surface area is 488 Å². The van der Waals surface area contributed by atoms with Crippen LogP contribution in [0.1, 0.15) is 56.6 Å². The van der Waals surface area contributed by atoms with Crippen molar-refractivity contribution in [2.45, 2.75) is 33.0 Å². The standard InChI is InChI=1S/C71H50N4O.Pt/c1-46-37-68(72-44-64(46)49-25-12-7-13-26-49)75-65-34-19-18-33-59(65)60-36-35-54(43-66(60)75)76-53-28-20-27-52(42-53)73-45-74-69-61(48-23-10-6-11-24-48)40-51(71(2,3)4)41-63(69)58-32-17-15-30-56(58)55-29-14-16-31-57(55)62-38-50(39-67(73)70(62)74)47-21-8-5-9-22-47;/h5-41,44H,1-4H3;/q-2;/i1D3,5D,6D,7D,8D,9D,10D,11D,12D,13D,21D,22D,23D,24D,25D,26D;. The van der Waals surface area contributed by atoms with E-state index in [0.717, 1.165) is 27.6 Å². The maximum absolute atomic E-state index is 9.54. The molecule has 1 aliphatic heterocycles. The summed E-state index contributed by atoms with van der Waals surface area (Å²) in [5.41, 5.74) is 6.58. The zero-order valence-corrected chi connectivity index (χ0v) is 43.6. The van der Waals surface area contributed by atoms with E-state index in [-0.39, 0.29) is 71.8 Å². The number of aryl methyl sites for hydroxylation is 1. The molecule has 0 amide bonds. The van der Waals surface area contributed by atoms with Crippen LogP contribution in [0.4, 0.5) is 0 Å². The summed E-state index contributed by atoms with van der Waals surface area (Å²) >= 11 is 0. The van der Waals surface area contributed by atoms with E-state index < -0.39 is 103 Å². The molecule has 0 N–H and O–H groups in total. The van der Waals surface area contributed by atoms with E-state index in [0.29, 0.717) is 61.1 Å². The molecule has 0 atom stereocenters. The number of fused-ring (bicyclic) bond motifs is 10. The quantitative estimate of drug-likeness (QED) is 0.118. The summed E-state index contributed by atoms with van der Waals surface area (Å²) in [6.07, 6.45) is 4.84. The largest absolute Gasteiger partial charge is 0.510 e. The van der Waals surface area contributed by atoms with Crippen molar-refractivity contribution in [3.63, 3.8) is 0 Å². The summed E-state index contributed by atoms with van der Waals surface area (Å²) in [6, 6.07) is 39.1. The Hall–Kier alpha value is -8.89. The minimum atomic E-state index is -2.85. The average molecular weight is 1190 g/mol. The third kappa shape index (κ3) is 8.21.